The molecule has 0 aliphatic carbocycles. The van der Waals surface area contributed by atoms with Crippen molar-refractivity contribution in [2.24, 2.45) is 0 Å². The highest BCUT2D eigenvalue weighted by Crippen LogP contribution is 2.18. The van der Waals surface area contributed by atoms with Crippen molar-refractivity contribution in [1.29, 1.82) is 0 Å². The number of hydrogen-bond donors (Lipinski definition) is 0. The predicted molar refractivity (Wildman–Crippen MR) is 94.9 cm³/mol. The van der Waals surface area contributed by atoms with Crippen molar-refractivity contribution in [1.82, 2.24) is 15.1 Å². The van der Waals surface area contributed by atoms with E-state index in [0.717, 1.165) is 24.5 Å². The van der Waals surface area contributed by atoms with Gasteiger partial charge in [0.05, 0.1) is 0 Å². The Morgan fingerprint density at radius 1 is 1.08 bits per heavy atom. The van der Waals surface area contributed by atoms with Crippen LogP contribution in [0.25, 0.3) is 0 Å². The molecule has 2 aromatic rings. The number of nitrogens with zero attached hydrogens (tertiary/aromatic N) is 4. The van der Waals surface area contributed by atoms with Gasteiger partial charge < -0.3 is 9.80 Å². The molecule has 1 saturated heterocycles. The maximum absolute atomic E-state index is 12.8. The molecule has 5 heteroatoms. The topological polar surface area (TPSA) is 49.3 Å². The van der Waals surface area contributed by atoms with E-state index in [1.165, 1.54) is 12.8 Å². The summed E-state index contributed by atoms with van der Waals surface area (Å²) >= 11 is 0. The SMILES string of the molecule is CC(C)N(Cc1ccccc1)C(=O)c1ccc(N2CCCC2)nn1. The second kappa shape index (κ2) is 7.43. The zero-order valence-corrected chi connectivity index (χ0v) is 14.4. The molecule has 1 aromatic heterocycles. The molecule has 0 radical (unpaired) electrons. The molecule has 1 aliphatic rings. The van der Waals surface area contributed by atoms with Gasteiger partial charge in [0.2, 0.25) is 0 Å². The van der Waals surface area contributed by atoms with Gasteiger partial charge in [0.15, 0.2) is 11.5 Å². The van der Waals surface area contributed by atoms with E-state index in [1.807, 2.05) is 55.1 Å². The van der Waals surface area contributed by atoms with Crippen LogP contribution in [0.5, 0.6) is 0 Å². The monoisotopic (exact) mass is 324 g/mol. The minimum absolute atomic E-state index is 0.0747. The molecule has 0 unspecified atom stereocenters. The van der Waals surface area contributed by atoms with E-state index in [4.69, 9.17) is 0 Å². The summed E-state index contributed by atoms with van der Waals surface area (Å²) < 4.78 is 0. The van der Waals surface area contributed by atoms with Crippen LogP contribution < -0.4 is 4.90 Å². The summed E-state index contributed by atoms with van der Waals surface area (Å²) in [6.45, 7) is 6.66. The summed E-state index contributed by atoms with van der Waals surface area (Å²) in [6.07, 6.45) is 2.39. The van der Waals surface area contributed by atoms with Gasteiger partial charge in [0.25, 0.3) is 5.91 Å². The minimum Gasteiger partial charge on any atom is -0.355 e. The van der Waals surface area contributed by atoms with E-state index >= 15 is 0 Å². The zero-order chi connectivity index (χ0) is 16.9. The van der Waals surface area contributed by atoms with Crippen LogP contribution in [0.4, 0.5) is 5.82 Å². The first-order valence-electron chi connectivity index (χ1n) is 8.59. The summed E-state index contributed by atoms with van der Waals surface area (Å²) in [5.41, 5.74) is 1.52. The molecule has 126 valence electrons. The third-order valence-electron chi connectivity index (χ3n) is 4.38. The Hall–Kier alpha value is -2.43. The average molecular weight is 324 g/mol. The number of benzene rings is 1. The lowest BCUT2D eigenvalue weighted by atomic mass is 10.1. The predicted octanol–water partition coefficient (Wildman–Crippen LogP) is 3.13. The fourth-order valence-electron chi connectivity index (χ4n) is 2.97. The van der Waals surface area contributed by atoms with Crippen LogP contribution in [0, 0.1) is 0 Å². The lowest BCUT2D eigenvalue weighted by molar-refractivity contribution is 0.0683. The minimum atomic E-state index is -0.0747. The van der Waals surface area contributed by atoms with Gasteiger partial charge in [-0.3, -0.25) is 4.79 Å². The van der Waals surface area contributed by atoms with Gasteiger partial charge in [-0.1, -0.05) is 30.3 Å². The molecule has 0 bridgehead atoms. The third-order valence-corrected chi connectivity index (χ3v) is 4.38. The molecule has 1 fully saturated rings. The van der Waals surface area contributed by atoms with Gasteiger partial charge in [-0.25, -0.2) is 0 Å². The Balaban J connectivity index is 1.74. The molecule has 3 rings (SSSR count). The van der Waals surface area contributed by atoms with Crippen molar-refractivity contribution < 1.29 is 4.79 Å². The van der Waals surface area contributed by atoms with E-state index < -0.39 is 0 Å². The van der Waals surface area contributed by atoms with Crippen LogP contribution in [-0.2, 0) is 6.54 Å². The first-order valence-corrected chi connectivity index (χ1v) is 8.59. The highest BCUT2D eigenvalue weighted by Gasteiger charge is 2.21. The highest BCUT2D eigenvalue weighted by atomic mass is 16.2. The smallest absolute Gasteiger partial charge is 0.274 e. The Morgan fingerprint density at radius 3 is 2.38 bits per heavy atom. The number of carbonyl (C=O) groups excluding carboxylic acids is 1. The van der Waals surface area contributed by atoms with Crippen molar-refractivity contribution in [3.05, 3.63) is 53.7 Å². The molecular formula is C19H24N4O. The van der Waals surface area contributed by atoms with Gasteiger partial charge in [-0.15, -0.1) is 10.2 Å². The van der Waals surface area contributed by atoms with Gasteiger partial charge in [0.1, 0.15) is 0 Å². The van der Waals surface area contributed by atoms with E-state index in [0.29, 0.717) is 12.2 Å². The fourth-order valence-corrected chi connectivity index (χ4v) is 2.97. The van der Waals surface area contributed by atoms with Gasteiger partial charge >= 0.3 is 0 Å². The Labute approximate surface area is 143 Å². The number of carbonyl (C=O) groups is 1. The largest absolute Gasteiger partial charge is 0.355 e. The average Bonchev–Trinajstić information content (AvgIpc) is 3.14. The molecule has 0 N–H and O–H groups in total. The molecule has 5 nitrogen and oxygen atoms in total. The van der Waals surface area contributed by atoms with Crippen molar-refractivity contribution in [2.45, 2.75) is 39.3 Å². The number of aromatic nitrogens is 2. The summed E-state index contributed by atoms with van der Waals surface area (Å²) in [5, 5.41) is 8.44. The third kappa shape index (κ3) is 3.72. The van der Waals surface area contributed by atoms with Crippen LogP contribution in [0.1, 0.15) is 42.7 Å². The van der Waals surface area contributed by atoms with Crippen LogP contribution >= 0.6 is 0 Å². The van der Waals surface area contributed by atoms with Crippen molar-refractivity contribution in [2.75, 3.05) is 18.0 Å². The Morgan fingerprint density at radius 2 is 1.79 bits per heavy atom. The second-order valence-electron chi connectivity index (χ2n) is 6.48. The van der Waals surface area contributed by atoms with Crippen LogP contribution in [0.3, 0.4) is 0 Å². The molecule has 1 amide bonds. The number of amides is 1. The maximum Gasteiger partial charge on any atom is 0.274 e. The van der Waals surface area contributed by atoms with Gasteiger partial charge in [-0.2, -0.15) is 0 Å². The lowest BCUT2D eigenvalue weighted by Crippen LogP contribution is -2.37. The van der Waals surface area contributed by atoms with Crippen LogP contribution in [0.2, 0.25) is 0 Å². The Bertz CT molecular complexity index is 664. The van der Waals surface area contributed by atoms with Gasteiger partial charge in [-0.05, 0) is 44.4 Å². The van der Waals surface area contributed by atoms with Crippen molar-refractivity contribution in [3.63, 3.8) is 0 Å². The van der Waals surface area contributed by atoms with Crippen LogP contribution in [-0.4, -0.2) is 40.1 Å². The maximum atomic E-state index is 12.8. The van der Waals surface area contributed by atoms with Crippen LogP contribution in [0.15, 0.2) is 42.5 Å². The van der Waals surface area contributed by atoms with E-state index in [-0.39, 0.29) is 11.9 Å². The first-order chi connectivity index (χ1) is 11.6. The lowest BCUT2D eigenvalue weighted by Gasteiger charge is -2.26. The molecular weight excluding hydrogens is 300 g/mol. The molecule has 1 aliphatic heterocycles. The number of hydrogen-bond acceptors (Lipinski definition) is 4. The Kier molecular flexibility index (Phi) is 5.08. The molecule has 0 saturated carbocycles. The van der Waals surface area contributed by atoms with Crippen molar-refractivity contribution >= 4 is 11.7 Å². The molecule has 24 heavy (non-hydrogen) atoms. The second-order valence-corrected chi connectivity index (χ2v) is 6.48. The zero-order valence-electron chi connectivity index (χ0n) is 14.4. The molecule has 1 aromatic carbocycles. The number of anilines is 1. The summed E-state index contributed by atoms with van der Waals surface area (Å²) in [4.78, 5) is 16.9. The quantitative estimate of drug-likeness (QED) is 0.848. The normalized spacial score (nSPS) is 14.2. The highest BCUT2D eigenvalue weighted by molar-refractivity contribution is 5.92. The summed E-state index contributed by atoms with van der Waals surface area (Å²) in [7, 11) is 0. The van der Waals surface area contributed by atoms with E-state index in [9.17, 15) is 4.79 Å². The summed E-state index contributed by atoms with van der Waals surface area (Å²) in [6, 6.07) is 13.8. The first kappa shape index (κ1) is 16.4. The molecule has 0 spiro atoms. The van der Waals surface area contributed by atoms with E-state index in [1.54, 1.807) is 6.07 Å². The number of rotatable bonds is 5. The van der Waals surface area contributed by atoms with Gasteiger partial charge in [0, 0.05) is 25.7 Å². The fraction of sp³-hybridized carbons (Fsp3) is 0.421. The molecule has 0 atom stereocenters. The summed E-state index contributed by atoms with van der Waals surface area (Å²) in [5.74, 6) is 0.789. The standard InChI is InChI=1S/C19H24N4O/c1-15(2)23(14-16-8-4-3-5-9-16)19(24)17-10-11-18(21-20-17)22-12-6-7-13-22/h3-5,8-11,15H,6-7,12-14H2,1-2H3. The van der Waals surface area contributed by atoms with E-state index in [2.05, 4.69) is 15.1 Å². The molecule has 2 heterocycles. The van der Waals surface area contributed by atoms with Crippen molar-refractivity contribution in [3.8, 4) is 0 Å².